The van der Waals surface area contributed by atoms with E-state index in [4.69, 9.17) is 0 Å². The van der Waals surface area contributed by atoms with Gasteiger partial charge in [-0.25, -0.2) is 16.8 Å². The van der Waals surface area contributed by atoms with Crippen LogP contribution in [-0.4, -0.2) is 57.0 Å². The average Bonchev–Trinajstić information content (AvgIpc) is 2.89. The molecule has 13 heteroatoms. The predicted octanol–water partition coefficient (Wildman–Crippen LogP) is 3.41. The Kier molecular flexibility index (Phi) is 7.42. The molecule has 1 aliphatic rings. The molecule has 0 radical (unpaired) electrons. The zero-order valence-electron chi connectivity index (χ0n) is 19.2. The fourth-order valence-corrected chi connectivity index (χ4v) is 6.98. The van der Waals surface area contributed by atoms with Gasteiger partial charge in [-0.15, -0.1) is 0 Å². The number of carbonyl (C=O) groups excluding carboxylic acids is 1. The van der Waals surface area contributed by atoms with Crippen molar-refractivity contribution in [1.29, 1.82) is 0 Å². The summed E-state index contributed by atoms with van der Waals surface area (Å²) in [7, 11) is -8.32. The number of nitrogens with zero attached hydrogens (tertiary/aromatic N) is 2. The number of hydrogen-bond acceptors (Lipinski definition) is 5. The SMILES string of the molecule is O=C(Nc1cccc(C(F)(F)F)c1)[C@@H]1CN(S(=O)(=O)c2ccccc2)CCN1S(=O)(=O)c1ccccc1. The number of alkyl halides is 3. The van der Waals surface area contributed by atoms with E-state index >= 15 is 0 Å². The molecular formula is C24H22F3N3O5S2. The van der Waals surface area contributed by atoms with Gasteiger partial charge in [0, 0.05) is 25.3 Å². The zero-order valence-corrected chi connectivity index (χ0v) is 20.8. The van der Waals surface area contributed by atoms with E-state index in [0.29, 0.717) is 0 Å². The highest BCUT2D eigenvalue weighted by molar-refractivity contribution is 7.89. The van der Waals surface area contributed by atoms with Gasteiger partial charge in [0.1, 0.15) is 6.04 Å². The predicted molar refractivity (Wildman–Crippen MR) is 129 cm³/mol. The van der Waals surface area contributed by atoms with E-state index in [-0.39, 0.29) is 28.6 Å². The van der Waals surface area contributed by atoms with Crippen LogP contribution in [0.3, 0.4) is 0 Å². The molecule has 1 heterocycles. The topological polar surface area (TPSA) is 104 Å². The second kappa shape index (κ2) is 10.2. The molecule has 1 atom stereocenters. The summed E-state index contributed by atoms with van der Waals surface area (Å²) in [5.41, 5.74) is -1.21. The minimum atomic E-state index is -4.66. The van der Waals surface area contributed by atoms with Gasteiger partial charge < -0.3 is 5.32 Å². The van der Waals surface area contributed by atoms with Crippen molar-refractivity contribution in [2.45, 2.75) is 22.0 Å². The Morgan fingerprint density at radius 1 is 0.784 bits per heavy atom. The number of amides is 1. The Hall–Kier alpha value is -3.26. The van der Waals surface area contributed by atoms with Crippen LogP contribution in [0, 0.1) is 0 Å². The number of nitrogens with one attached hydrogen (secondary N) is 1. The summed E-state index contributed by atoms with van der Waals surface area (Å²) in [5.74, 6) is -0.966. The van der Waals surface area contributed by atoms with Gasteiger partial charge >= 0.3 is 6.18 Å². The van der Waals surface area contributed by atoms with Crippen LogP contribution in [-0.2, 0) is 31.0 Å². The summed E-state index contributed by atoms with van der Waals surface area (Å²) in [6.07, 6.45) is -4.66. The van der Waals surface area contributed by atoms with Crippen LogP contribution in [0.5, 0.6) is 0 Å². The van der Waals surface area contributed by atoms with Gasteiger partial charge in [0.15, 0.2) is 0 Å². The summed E-state index contributed by atoms with van der Waals surface area (Å²) < 4.78 is 94.5. The average molecular weight is 554 g/mol. The van der Waals surface area contributed by atoms with E-state index < -0.39 is 50.3 Å². The molecule has 1 amide bonds. The van der Waals surface area contributed by atoms with Crippen molar-refractivity contribution in [3.05, 3.63) is 90.5 Å². The summed E-state index contributed by atoms with van der Waals surface area (Å²) in [4.78, 5) is 13.2. The number of benzene rings is 3. The highest BCUT2D eigenvalue weighted by Crippen LogP contribution is 2.31. The molecule has 1 aliphatic heterocycles. The third-order valence-corrected chi connectivity index (χ3v) is 9.59. The molecule has 8 nitrogen and oxygen atoms in total. The molecule has 1 fully saturated rings. The minimum absolute atomic E-state index is 0.0357. The first-order valence-corrected chi connectivity index (χ1v) is 13.9. The third-order valence-electron chi connectivity index (χ3n) is 5.78. The van der Waals surface area contributed by atoms with Crippen LogP contribution in [0.25, 0.3) is 0 Å². The van der Waals surface area contributed by atoms with Gasteiger partial charge in [-0.1, -0.05) is 42.5 Å². The van der Waals surface area contributed by atoms with Crippen molar-refractivity contribution in [3.8, 4) is 0 Å². The standard InChI is InChI=1S/C24H22F3N3O5S2/c25-24(26,27)18-8-7-9-19(16-18)28-23(31)22-17-29(36(32,33)20-10-3-1-4-11-20)14-15-30(22)37(34,35)21-12-5-2-6-13-21/h1-13,16,22H,14-15,17H2,(H,28,31)/t22-/m0/s1. The van der Waals surface area contributed by atoms with E-state index in [1.54, 1.807) is 12.1 Å². The van der Waals surface area contributed by atoms with Gasteiger partial charge in [-0.05, 0) is 42.5 Å². The molecule has 0 spiro atoms. The van der Waals surface area contributed by atoms with Crippen molar-refractivity contribution < 1.29 is 34.8 Å². The Balaban J connectivity index is 1.69. The van der Waals surface area contributed by atoms with Crippen molar-refractivity contribution in [3.63, 3.8) is 0 Å². The van der Waals surface area contributed by atoms with Crippen LogP contribution < -0.4 is 5.32 Å². The lowest BCUT2D eigenvalue weighted by molar-refractivity contribution is -0.137. The van der Waals surface area contributed by atoms with Gasteiger partial charge in [-0.2, -0.15) is 21.8 Å². The fraction of sp³-hybridized carbons (Fsp3) is 0.208. The Morgan fingerprint density at radius 2 is 1.35 bits per heavy atom. The van der Waals surface area contributed by atoms with E-state index in [2.05, 4.69) is 5.32 Å². The van der Waals surface area contributed by atoms with E-state index in [1.165, 1.54) is 54.6 Å². The first-order valence-electron chi connectivity index (χ1n) is 11.0. The Morgan fingerprint density at radius 3 is 1.92 bits per heavy atom. The highest BCUT2D eigenvalue weighted by Gasteiger charge is 2.43. The minimum Gasteiger partial charge on any atom is -0.325 e. The smallest absolute Gasteiger partial charge is 0.325 e. The molecule has 0 aliphatic carbocycles. The molecule has 4 rings (SSSR count). The van der Waals surface area contributed by atoms with Gasteiger partial charge in [0.25, 0.3) is 0 Å². The van der Waals surface area contributed by atoms with Gasteiger partial charge in [-0.3, -0.25) is 4.79 Å². The second-order valence-electron chi connectivity index (χ2n) is 8.19. The van der Waals surface area contributed by atoms with E-state index in [0.717, 1.165) is 26.8 Å². The number of sulfonamides is 2. The number of hydrogen-bond donors (Lipinski definition) is 1. The Bertz CT molecular complexity index is 1480. The van der Waals surface area contributed by atoms with Crippen molar-refractivity contribution in [2.75, 3.05) is 25.0 Å². The molecule has 1 saturated heterocycles. The maximum absolute atomic E-state index is 13.4. The maximum Gasteiger partial charge on any atom is 0.416 e. The van der Waals surface area contributed by atoms with Crippen molar-refractivity contribution in [2.24, 2.45) is 0 Å². The summed E-state index contributed by atoms with van der Waals surface area (Å²) in [6, 6.07) is 17.1. The molecule has 196 valence electrons. The van der Waals surface area contributed by atoms with Crippen LogP contribution in [0.4, 0.5) is 18.9 Å². The number of halogens is 3. The summed E-state index contributed by atoms with van der Waals surface area (Å²) in [6.45, 7) is -1.10. The monoisotopic (exact) mass is 553 g/mol. The van der Waals surface area contributed by atoms with E-state index in [1.807, 2.05) is 0 Å². The maximum atomic E-state index is 13.4. The van der Waals surface area contributed by atoms with Crippen LogP contribution in [0.1, 0.15) is 5.56 Å². The largest absolute Gasteiger partial charge is 0.416 e. The zero-order chi connectivity index (χ0) is 26.8. The second-order valence-corrected chi connectivity index (χ2v) is 12.0. The van der Waals surface area contributed by atoms with Gasteiger partial charge in [0.05, 0.1) is 15.4 Å². The van der Waals surface area contributed by atoms with Crippen LogP contribution >= 0.6 is 0 Å². The third kappa shape index (κ3) is 5.69. The lowest BCUT2D eigenvalue weighted by atomic mass is 10.1. The molecule has 1 N–H and O–H groups in total. The number of rotatable bonds is 6. The van der Waals surface area contributed by atoms with E-state index in [9.17, 15) is 34.8 Å². The number of carbonyl (C=O) groups is 1. The Labute approximate surface area is 212 Å². The molecule has 0 saturated carbocycles. The normalized spacial score (nSPS) is 17.9. The van der Waals surface area contributed by atoms with Gasteiger partial charge in [0.2, 0.25) is 26.0 Å². The first-order chi connectivity index (χ1) is 17.4. The lowest BCUT2D eigenvalue weighted by Gasteiger charge is -2.38. The van der Waals surface area contributed by atoms with Crippen molar-refractivity contribution in [1.82, 2.24) is 8.61 Å². The molecule has 0 bridgehead atoms. The first kappa shape index (κ1) is 26.8. The summed E-state index contributed by atoms with van der Waals surface area (Å²) >= 11 is 0. The van der Waals surface area contributed by atoms with Crippen LogP contribution in [0.15, 0.2) is 94.7 Å². The molecule has 3 aromatic rings. The molecule has 3 aromatic carbocycles. The lowest BCUT2D eigenvalue weighted by Crippen LogP contribution is -2.60. The summed E-state index contributed by atoms with van der Waals surface area (Å²) in [5, 5.41) is 2.32. The quantitative estimate of drug-likeness (QED) is 0.504. The highest BCUT2D eigenvalue weighted by atomic mass is 32.2. The molecular weight excluding hydrogens is 531 g/mol. The number of piperazine rings is 1. The molecule has 0 unspecified atom stereocenters. The molecule has 0 aromatic heterocycles. The van der Waals surface area contributed by atoms with Crippen LogP contribution in [0.2, 0.25) is 0 Å². The van der Waals surface area contributed by atoms with Crippen molar-refractivity contribution >= 4 is 31.6 Å². The number of anilines is 1. The molecule has 37 heavy (non-hydrogen) atoms. The fourth-order valence-electron chi connectivity index (χ4n) is 3.93.